The molecule has 6 nitrogen and oxygen atoms in total. The van der Waals surface area contributed by atoms with Crippen LogP contribution in [0, 0.1) is 0 Å². The van der Waals surface area contributed by atoms with Crippen LogP contribution in [0.4, 0.5) is 0 Å². The zero-order valence-electron chi connectivity index (χ0n) is 14.4. The number of hydrogen-bond donors (Lipinski definition) is 2. The Hall–Kier alpha value is -3.15. The first kappa shape index (κ1) is 18.2. The van der Waals surface area contributed by atoms with Gasteiger partial charge in [-0.15, -0.1) is 0 Å². The average molecular weight is 340 g/mol. The van der Waals surface area contributed by atoms with E-state index >= 15 is 0 Å². The lowest BCUT2D eigenvalue weighted by Crippen LogP contribution is -2.22. The van der Waals surface area contributed by atoms with Gasteiger partial charge in [-0.05, 0) is 44.6 Å². The summed E-state index contributed by atoms with van der Waals surface area (Å²) in [7, 11) is 1.43. The van der Waals surface area contributed by atoms with Crippen molar-refractivity contribution in [1.29, 1.82) is 0 Å². The summed E-state index contributed by atoms with van der Waals surface area (Å²) in [6.07, 6.45) is 6.92. The maximum Gasteiger partial charge on any atom is 0.341 e. The van der Waals surface area contributed by atoms with Crippen molar-refractivity contribution in [3.63, 3.8) is 0 Å². The van der Waals surface area contributed by atoms with Crippen LogP contribution in [0.1, 0.15) is 41.2 Å². The molecule has 0 bridgehead atoms. The fraction of sp³-hybridized carbons (Fsp3) is 0.211. The Labute approximate surface area is 145 Å². The largest absolute Gasteiger partial charge is 0.482 e. The van der Waals surface area contributed by atoms with E-state index in [0.717, 1.165) is 5.57 Å². The van der Waals surface area contributed by atoms with Gasteiger partial charge in [0.2, 0.25) is 5.43 Å². The van der Waals surface area contributed by atoms with Gasteiger partial charge in [-0.25, -0.2) is 4.79 Å². The number of aromatic nitrogens is 2. The molecule has 2 N–H and O–H groups in total. The summed E-state index contributed by atoms with van der Waals surface area (Å²) in [5, 5.41) is 9.48. The average Bonchev–Trinajstić information content (AvgIpc) is 2.58. The standard InChI is InChI=1S/C19H20N2O4/c1-12(2)7-9-14-17(22)16(19(23)24)15(21-18(14)25-3)10-8-13-6-4-5-11-20-13/h4-8,10-11H,9H2,1-3H3,(H,21,22)(H,23,24)/b10-8+. The number of nitrogens with zero attached hydrogens (tertiary/aromatic N) is 1. The van der Waals surface area contributed by atoms with Crippen LogP contribution in [0.5, 0.6) is 5.88 Å². The number of pyridine rings is 2. The lowest BCUT2D eigenvalue weighted by molar-refractivity contribution is 0.0694. The number of nitrogens with one attached hydrogen (secondary N) is 1. The maximum absolute atomic E-state index is 12.7. The second kappa shape index (κ2) is 8.10. The van der Waals surface area contributed by atoms with Gasteiger partial charge in [0.05, 0.1) is 24.1 Å². The summed E-state index contributed by atoms with van der Waals surface area (Å²) < 4.78 is 5.26. The van der Waals surface area contributed by atoms with Gasteiger partial charge in [0.1, 0.15) is 5.56 Å². The Morgan fingerprint density at radius 2 is 2.08 bits per heavy atom. The summed E-state index contributed by atoms with van der Waals surface area (Å²) in [6, 6.07) is 5.37. The minimum Gasteiger partial charge on any atom is -0.482 e. The topological polar surface area (TPSA) is 92.3 Å². The third-order valence-corrected chi connectivity index (χ3v) is 3.53. The molecule has 0 saturated carbocycles. The van der Waals surface area contributed by atoms with Crippen LogP contribution in [0.3, 0.4) is 0 Å². The van der Waals surface area contributed by atoms with Gasteiger partial charge in [0.15, 0.2) is 5.88 Å². The van der Waals surface area contributed by atoms with Crippen LogP contribution in [-0.2, 0) is 6.42 Å². The van der Waals surface area contributed by atoms with E-state index in [0.29, 0.717) is 12.1 Å². The second-order valence-electron chi connectivity index (χ2n) is 5.63. The zero-order valence-corrected chi connectivity index (χ0v) is 14.4. The highest BCUT2D eigenvalue weighted by Gasteiger charge is 2.20. The molecule has 2 aromatic heterocycles. The molecule has 130 valence electrons. The Kier molecular flexibility index (Phi) is 5.89. The molecule has 0 amide bonds. The Morgan fingerprint density at radius 3 is 2.64 bits per heavy atom. The van der Waals surface area contributed by atoms with Crippen molar-refractivity contribution in [2.45, 2.75) is 20.3 Å². The molecule has 0 spiro atoms. The second-order valence-corrected chi connectivity index (χ2v) is 5.63. The minimum atomic E-state index is -1.29. The van der Waals surface area contributed by atoms with Gasteiger partial charge in [-0.2, -0.15) is 0 Å². The lowest BCUT2D eigenvalue weighted by atomic mass is 10.0. The number of carbonyl (C=O) groups is 1. The minimum absolute atomic E-state index is 0.168. The number of aromatic amines is 1. The summed E-state index contributed by atoms with van der Waals surface area (Å²) in [5.74, 6) is -1.03. The molecule has 25 heavy (non-hydrogen) atoms. The van der Waals surface area contributed by atoms with Crippen molar-refractivity contribution in [1.82, 2.24) is 9.97 Å². The molecule has 0 aliphatic heterocycles. The number of aromatic carboxylic acids is 1. The monoisotopic (exact) mass is 340 g/mol. The molecule has 0 aromatic carbocycles. The number of allylic oxidation sites excluding steroid dienone is 2. The highest BCUT2D eigenvalue weighted by atomic mass is 16.5. The fourth-order valence-electron chi connectivity index (χ4n) is 2.28. The summed E-state index contributed by atoms with van der Waals surface area (Å²) in [6.45, 7) is 3.81. The number of rotatable bonds is 6. The molecule has 0 unspecified atom stereocenters. The quantitative estimate of drug-likeness (QED) is 0.788. The third kappa shape index (κ3) is 4.44. The molecule has 2 heterocycles. The molecule has 0 radical (unpaired) electrons. The number of H-pyrrole nitrogens is 1. The number of carboxylic acids is 1. The summed E-state index contributed by atoms with van der Waals surface area (Å²) in [4.78, 5) is 31.3. The van der Waals surface area contributed by atoms with Crippen molar-refractivity contribution in [2.75, 3.05) is 7.11 Å². The van der Waals surface area contributed by atoms with E-state index in [1.165, 1.54) is 13.2 Å². The molecule has 0 saturated heterocycles. The fourth-order valence-corrected chi connectivity index (χ4v) is 2.28. The van der Waals surface area contributed by atoms with E-state index in [1.807, 2.05) is 26.0 Å². The summed E-state index contributed by atoms with van der Waals surface area (Å²) >= 11 is 0. The van der Waals surface area contributed by atoms with Gasteiger partial charge < -0.3 is 14.8 Å². The van der Waals surface area contributed by atoms with E-state index in [4.69, 9.17) is 4.74 Å². The van der Waals surface area contributed by atoms with E-state index < -0.39 is 11.4 Å². The SMILES string of the molecule is COc1[nH]c(/C=C/c2ccccn2)c(C(=O)O)c(=O)c1CC=C(C)C. The predicted octanol–water partition coefficient (Wildman–Crippen LogP) is 3.16. The molecule has 0 atom stereocenters. The first-order valence-corrected chi connectivity index (χ1v) is 7.73. The Bertz CT molecular complexity index is 876. The molecule has 0 aliphatic carbocycles. The number of hydrogen-bond acceptors (Lipinski definition) is 4. The number of carboxylic acid groups (broad SMARTS) is 1. The predicted molar refractivity (Wildman–Crippen MR) is 96.9 cm³/mol. The van der Waals surface area contributed by atoms with Gasteiger partial charge >= 0.3 is 5.97 Å². The first-order chi connectivity index (χ1) is 11.9. The van der Waals surface area contributed by atoms with Gasteiger partial charge in [-0.1, -0.05) is 17.7 Å². The lowest BCUT2D eigenvalue weighted by Gasteiger charge is -2.10. The smallest absolute Gasteiger partial charge is 0.341 e. The molecular weight excluding hydrogens is 320 g/mol. The normalized spacial score (nSPS) is 10.7. The molecule has 6 heteroatoms. The van der Waals surface area contributed by atoms with Crippen molar-refractivity contribution < 1.29 is 14.6 Å². The third-order valence-electron chi connectivity index (χ3n) is 3.53. The Balaban J connectivity index is 2.58. The molecule has 2 aromatic rings. The highest BCUT2D eigenvalue weighted by molar-refractivity contribution is 5.92. The first-order valence-electron chi connectivity index (χ1n) is 7.73. The molecule has 0 fully saturated rings. The van der Waals surface area contributed by atoms with Crippen LogP contribution in [0.2, 0.25) is 0 Å². The van der Waals surface area contributed by atoms with Gasteiger partial charge in [0, 0.05) is 6.20 Å². The van der Waals surface area contributed by atoms with Crippen molar-refractivity contribution >= 4 is 18.1 Å². The van der Waals surface area contributed by atoms with Crippen molar-refractivity contribution in [3.8, 4) is 5.88 Å². The van der Waals surface area contributed by atoms with Crippen LogP contribution < -0.4 is 10.2 Å². The highest BCUT2D eigenvalue weighted by Crippen LogP contribution is 2.18. The van der Waals surface area contributed by atoms with Gasteiger partial charge in [0.25, 0.3) is 0 Å². The van der Waals surface area contributed by atoms with Crippen molar-refractivity contribution in [2.24, 2.45) is 0 Å². The van der Waals surface area contributed by atoms with Crippen LogP contribution in [0.25, 0.3) is 12.2 Å². The Morgan fingerprint density at radius 1 is 1.32 bits per heavy atom. The van der Waals surface area contributed by atoms with E-state index in [2.05, 4.69) is 9.97 Å². The molecular formula is C19H20N2O4. The van der Waals surface area contributed by atoms with E-state index in [1.54, 1.807) is 24.4 Å². The van der Waals surface area contributed by atoms with E-state index in [9.17, 15) is 14.7 Å². The molecule has 0 aliphatic rings. The zero-order chi connectivity index (χ0) is 18.4. The van der Waals surface area contributed by atoms with Crippen LogP contribution in [0.15, 0.2) is 40.8 Å². The molecule has 2 rings (SSSR count). The maximum atomic E-state index is 12.7. The summed E-state index contributed by atoms with van der Waals surface area (Å²) in [5.41, 5.74) is 1.26. The number of methoxy groups -OCH3 is 1. The number of ether oxygens (including phenoxy) is 1. The van der Waals surface area contributed by atoms with Gasteiger partial charge in [-0.3, -0.25) is 9.78 Å². The van der Waals surface area contributed by atoms with E-state index in [-0.39, 0.29) is 22.7 Å². The van der Waals surface area contributed by atoms with Crippen molar-refractivity contribution in [3.05, 3.63) is 68.8 Å². The van der Waals surface area contributed by atoms with Crippen LogP contribution >= 0.6 is 0 Å². The van der Waals surface area contributed by atoms with Crippen LogP contribution in [-0.4, -0.2) is 28.2 Å².